The van der Waals surface area contributed by atoms with Gasteiger partial charge in [0.15, 0.2) is 0 Å². The van der Waals surface area contributed by atoms with Crippen LogP contribution in [0.1, 0.15) is 20.8 Å². The van der Waals surface area contributed by atoms with Crippen molar-refractivity contribution in [1.82, 2.24) is 4.90 Å². The van der Waals surface area contributed by atoms with E-state index < -0.39 is 5.60 Å². The third-order valence-corrected chi connectivity index (χ3v) is 3.20. The Morgan fingerprint density at radius 1 is 1.26 bits per heavy atom. The number of nitrogens with zero attached hydrogens (tertiary/aromatic N) is 1. The first kappa shape index (κ1) is 12.0. The lowest BCUT2D eigenvalue weighted by Gasteiger charge is -2.24. The average molecular weight is 255 g/mol. The van der Waals surface area contributed by atoms with Crippen LogP contribution in [0.4, 0.5) is 4.79 Å². The van der Waals surface area contributed by atoms with Crippen LogP contribution in [0.2, 0.25) is 0 Å². The molecule has 1 aliphatic heterocycles. The Kier molecular flexibility index (Phi) is 2.52. The van der Waals surface area contributed by atoms with Crippen molar-refractivity contribution in [2.24, 2.45) is 5.92 Å². The first-order valence-electron chi connectivity index (χ1n) is 6.47. The quantitative estimate of drug-likeness (QED) is 0.709. The van der Waals surface area contributed by atoms with E-state index in [1.54, 1.807) is 11.1 Å². The van der Waals surface area contributed by atoms with E-state index >= 15 is 0 Å². The summed E-state index contributed by atoms with van der Waals surface area (Å²) in [6, 6.07) is 8.12. The van der Waals surface area contributed by atoms with Crippen LogP contribution in [0.25, 0.3) is 11.8 Å². The van der Waals surface area contributed by atoms with Gasteiger partial charge < -0.3 is 4.74 Å². The van der Waals surface area contributed by atoms with E-state index in [9.17, 15) is 4.79 Å². The standard InChI is InChI=1S/C16H17NO2/c1-16(2,3)19-15(18)17-9-8-12-10-11-6-4-5-7-13(11)14(12)17/h4-10,12H,1-3H3. The molecule has 0 bridgehead atoms. The van der Waals surface area contributed by atoms with Gasteiger partial charge in [0.05, 0.1) is 0 Å². The fraction of sp³-hybridized carbons (Fsp3) is 0.312. The van der Waals surface area contributed by atoms with Crippen molar-refractivity contribution in [2.45, 2.75) is 26.4 Å². The molecule has 0 saturated heterocycles. The molecule has 19 heavy (non-hydrogen) atoms. The van der Waals surface area contributed by atoms with Crippen molar-refractivity contribution in [3.63, 3.8) is 0 Å². The molecule has 3 rings (SSSR count). The van der Waals surface area contributed by atoms with Gasteiger partial charge in [-0.2, -0.15) is 0 Å². The predicted molar refractivity (Wildman–Crippen MR) is 74.3 cm³/mol. The molecule has 0 radical (unpaired) electrons. The number of hydrogen-bond donors (Lipinski definition) is 0. The van der Waals surface area contributed by atoms with E-state index in [1.165, 1.54) is 5.22 Å². The van der Waals surface area contributed by atoms with E-state index in [4.69, 9.17) is 4.74 Å². The zero-order valence-electron chi connectivity index (χ0n) is 11.4. The van der Waals surface area contributed by atoms with Crippen LogP contribution in [0.5, 0.6) is 0 Å². The van der Waals surface area contributed by atoms with Crippen molar-refractivity contribution >= 4 is 17.9 Å². The molecule has 0 fully saturated rings. The summed E-state index contributed by atoms with van der Waals surface area (Å²) in [7, 11) is 0. The molecule has 98 valence electrons. The Morgan fingerprint density at radius 2 is 2.00 bits per heavy atom. The van der Waals surface area contributed by atoms with Gasteiger partial charge in [-0.15, -0.1) is 0 Å². The second-order valence-corrected chi connectivity index (χ2v) is 5.86. The summed E-state index contributed by atoms with van der Waals surface area (Å²) in [4.78, 5) is 13.9. The van der Waals surface area contributed by atoms with E-state index in [1.807, 2.05) is 45.0 Å². The van der Waals surface area contributed by atoms with Crippen LogP contribution in [0, 0.1) is 5.92 Å². The molecule has 1 heterocycles. The Balaban J connectivity index is 2.01. The summed E-state index contributed by atoms with van der Waals surface area (Å²) in [5.41, 5.74) is 0.524. The van der Waals surface area contributed by atoms with E-state index in [0.717, 1.165) is 10.9 Å². The largest absolute Gasteiger partial charge is 0.443 e. The van der Waals surface area contributed by atoms with Crippen LogP contribution in [-0.2, 0) is 4.74 Å². The monoisotopic (exact) mass is 255 g/mol. The van der Waals surface area contributed by atoms with Crippen molar-refractivity contribution in [3.05, 3.63) is 47.0 Å². The maximum Gasteiger partial charge on any atom is 0.418 e. The Labute approximate surface area is 112 Å². The number of rotatable bonds is 0. The molecule has 1 amide bonds. The van der Waals surface area contributed by atoms with Crippen LogP contribution in [0.3, 0.4) is 0 Å². The molecular formula is C16H17NO2. The lowest BCUT2D eigenvalue weighted by Crippen LogP contribution is -2.35. The Bertz CT molecular complexity index is 679. The third kappa shape index (κ3) is 2.05. The summed E-state index contributed by atoms with van der Waals surface area (Å²) in [5, 5.41) is 2.30. The summed E-state index contributed by atoms with van der Waals surface area (Å²) in [5.74, 6) is 0.185. The van der Waals surface area contributed by atoms with E-state index in [2.05, 4.69) is 12.1 Å². The third-order valence-electron chi connectivity index (χ3n) is 3.20. The number of carbonyl (C=O) groups is 1. The van der Waals surface area contributed by atoms with Crippen molar-refractivity contribution in [2.75, 3.05) is 0 Å². The van der Waals surface area contributed by atoms with Crippen LogP contribution in [0.15, 0.2) is 36.5 Å². The molecule has 1 aromatic carbocycles. The molecule has 0 N–H and O–H groups in total. The van der Waals surface area contributed by atoms with E-state index in [0.29, 0.717) is 0 Å². The summed E-state index contributed by atoms with van der Waals surface area (Å²) >= 11 is 0. The molecule has 0 aromatic heterocycles. The minimum Gasteiger partial charge on any atom is -0.443 e. The number of ether oxygens (including phenoxy) is 1. The van der Waals surface area contributed by atoms with Gasteiger partial charge in [-0.3, -0.25) is 4.90 Å². The fourth-order valence-electron chi connectivity index (χ4n) is 2.49. The summed E-state index contributed by atoms with van der Waals surface area (Å²) in [6.07, 6.45) is 5.69. The zero-order chi connectivity index (χ0) is 13.6. The number of amides is 1. The Morgan fingerprint density at radius 3 is 2.74 bits per heavy atom. The maximum absolute atomic E-state index is 12.2. The number of benzene rings is 1. The number of fused-ring (bicyclic) bond motifs is 2. The second-order valence-electron chi connectivity index (χ2n) is 5.86. The molecule has 3 nitrogen and oxygen atoms in total. The van der Waals surface area contributed by atoms with Crippen molar-refractivity contribution in [1.29, 1.82) is 0 Å². The Hall–Kier alpha value is -2.03. The van der Waals surface area contributed by atoms with Gasteiger partial charge in [0.25, 0.3) is 0 Å². The van der Waals surface area contributed by atoms with Gasteiger partial charge in [0.2, 0.25) is 0 Å². The highest BCUT2D eigenvalue weighted by Gasteiger charge is 2.32. The lowest BCUT2D eigenvalue weighted by atomic mass is 10.1. The fourth-order valence-corrected chi connectivity index (χ4v) is 2.49. The second kappa shape index (κ2) is 3.98. The number of carbonyl (C=O) groups excluding carboxylic acids is 1. The minimum absolute atomic E-state index is 0.185. The van der Waals surface area contributed by atoms with Crippen molar-refractivity contribution in [3.8, 4) is 0 Å². The van der Waals surface area contributed by atoms with Gasteiger partial charge >= 0.3 is 6.09 Å². The van der Waals surface area contributed by atoms with Crippen LogP contribution >= 0.6 is 0 Å². The van der Waals surface area contributed by atoms with Crippen LogP contribution < -0.4 is 10.4 Å². The molecule has 1 atom stereocenters. The molecule has 0 spiro atoms. The topological polar surface area (TPSA) is 29.5 Å². The molecule has 1 aromatic rings. The number of hydrogen-bond acceptors (Lipinski definition) is 2. The minimum atomic E-state index is -0.481. The van der Waals surface area contributed by atoms with Gasteiger partial charge in [0.1, 0.15) is 5.60 Å². The highest BCUT2D eigenvalue weighted by molar-refractivity contribution is 5.84. The first-order valence-corrected chi connectivity index (χ1v) is 6.47. The highest BCUT2D eigenvalue weighted by Crippen LogP contribution is 2.29. The molecule has 1 unspecified atom stereocenters. The molecular weight excluding hydrogens is 238 g/mol. The van der Waals surface area contributed by atoms with Gasteiger partial charge in [0, 0.05) is 23.0 Å². The van der Waals surface area contributed by atoms with E-state index in [-0.39, 0.29) is 12.0 Å². The predicted octanol–water partition coefficient (Wildman–Crippen LogP) is 1.97. The zero-order valence-corrected chi connectivity index (χ0v) is 11.4. The highest BCUT2D eigenvalue weighted by atomic mass is 16.6. The smallest absolute Gasteiger partial charge is 0.418 e. The molecule has 1 aliphatic carbocycles. The van der Waals surface area contributed by atoms with Crippen molar-refractivity contribution < 1.29 is 9.53 Å². The normalized spacial score (nSPS) is 20.1. The van der Waals surface area contributed by atoms with Crippen LogP contribution in [-0.4, -0.2) is 16.6 Å². The summed E-state index contributed by atoms with van der Waals surface area (Å²) in [6.45, 7) is 5.63. The lowest BCUT2D eigenvalue weighted by molar-refractivity contribution is 0.0414. The first-order chi connectivity index (χ1) is 8.96. The van der Waals surface area contributed by atoms with Gasteiger partial charge in [-0.05, 0) is 26.0 Å². The molecule has 2 aliphatic rings. The van der Waals surface area contributed by atoms with Gasteiger partial charge in [-0.25, -0.2) is 4.79 Å². The SMILES string of the molecule is CC(C)(C)OC(=O)N1C=CC2C=c3ccccc3=C21. The molecule has 3 heteroatoms. The summed E-state index contributed by atoms with van der Waals surface area (Å²) < 4.78 is 5.45. The molecule has 0 saturated carbocycles. The average Bonchev–Trinajstić information content (AvgIpc) is 2.84. The van der Waals surface area contributed by atoms with Gasteiger partial charge in [-0.1, -0.05) is 36.4 Å². The maximum atomic E-state index is 12.2.